The zero-order valence-electron chi connectivity index (χ0n) is 12.2. The van der Waals surface area contributed by atoms with Crippen LogP contribution in [0.4, 0.5) is 0 Å². The first-order chi connectivity index (χ1) is 9.72. The average Bonchev–Trinajstić information content (AvgIpc) is 3.30. The van der Waals surface area contributed by atoms with Crippen molar-refractivity contribution in [2.45, 2.75) is 57.3 Å². The lowest BCUT2D eigenvalue weighted by Crippen LogP contribution is -2.36. The van der Waals surface area contributed by atoms with E-state index in [1.165, 1.54) is 36.9 Å². The first kappa shape index (κ1) is 12.6. The van der Waals surface area contributed by atoms with E-state index in [1.807, 2.05) is 0 Å². The van der Waals surface area contributed by atoms with Crippen molar-refractivity contribution in [1.29, 1.82) is 0 Å². The number of nitrogens with one attached hydrogen (secondary N) is 1. The van der Waals surface area contributed by atoms with Crippen LogP contribution in [0.15, 0.2) is 10.9 Å². The van der Waals surface area contributed by atoms with E-state index in [2.05, 4.69) is 27.9 Å². The summed E-state index contributed by atoms with van der Waals surface area (Å²) in [5, 5.41) is 3.49. The highest BCUT2D eigenvalue weighted by Gasteiger charge is 2.30. The maximum Gasteiger partial charge on any atom is 0.255 e. The zero-order valence-corrected chi connectivity index (χ0v) is 12.2. The number of nitrogens with zero attached hydrogens (tertiary/aromatic N) is 2. The predicted octanol–water partition coefficient (Wildman–Crippen LogP) is 1.42. The second kappa shape index (κ2) is 4.71. The summed E-state index contributed by atoms with van der Waals surface area (Å²) in [5.41, 5.74) is 3.92. The third-order valence-corrected chi connectivity index (χ3v) is 4.74. The molecule has 2 fully saturated rings. The van der Waals surface area contributed by atoms with Crippen molar-refractivity contribution in [3.63, 3.8) is 0 Å². The van der Waals surface area contributed by atoms with E-state index >= 15 is 0 Å². The summed E-state index contributed by atoms with van der Waals surface area (Å²) in [4.78, 5) is 15.1. The fraction of sp³-hybridized carbons (Fsp3) is 0.688. The molecule has 0 spiro atoms. The van der Waals surface area contributed by atoms with Crippen LogP contribution in [0, 0.1) is 0 Å². The highest BCUT2D eigenvalue weighted by molar-refractivity contribution is 5.30. The summed E-state index contributed by atoms with van der Waals surface area (Å²) < 4.78 is 2.13. The Labute approximate surface area is 119 Å². The lowest BCUT2D eigenvalue weighted by atomic mass is 10.0. The van der Waals surface area contributed by atoms with Crippen LogP contribution >= 0.6 is 0 Å². The van der Waals surface area contributed by atoms with Gasteiger partial charge < -0.3 is 14.8 Å². The molecule has 4 heteroatoms. The molecule has 4 rings (SSSR count). The topological polar surface area (TPSA) is 37.3 Å². The van der Waals surface area contributed by atoms with Gasteiger partial charge in [-0.1, -0.05) is 0 Å². The van der Waals surface area contributed by atoms with Crippen LogP contribution in [0.3, 0.4) is 0 Å². The van der Waals surface area contributed by atoms with Gasteiger partial charge in [0.05, 0.1) is 0 Å². The monoisotopic (exact) mass is 273 g/mol. The van der Waals surface area contributed by atoms with Crippen LogP contribution < -0.4 is 10.9 Å². The first-order valence-corrected chi connectivity index (χ1v) is 7.90. The fourth-order valence-corrected chi connectivity index (χ4v) is 3.26. The van der Waals surface area contributed by atoms with Crippen molar-refractivity contribution < 1.29 is 0 Å². The van der Waals surface area contributed by atoms with Gasteiger partial charge in [0.2, 0.25) is 0 Å². The highest BCUT2D eigenvalue weighted by Crippen LogP contribution is 2.36. The Morgan fingerprint density at radius 3 is 2.80 bits per heavy atom. The number of hydrogen-bond donors (Lipinski definition) is 1. The minimum absolute atomic E-state index is 0.268. The number of likely N-dealkylation sites (N-methyl/N-ethyl adjacent to an activating group) is 1. The second-order valence-electron chi connectivity index (χ2n) is 6.69. The van der Waals surface area contributed by atoms with Crippen molar-refractivity contribution >= 4 is 0 Å². The second-order valence-corrected chi connectivity index (χ2v) is 6.69. The van der Waals surface area contributed by atoms with E-state index in [4.69, 9.17) is 0 Å². The minimum atomic E-state index is 0.268. The molecule has 1 N–H and O–H groups in total. The van der Waals surface area contributed by atoms with E-state index in [0.29, 0.717) is 12.1 Å². The average molecular weight is 273 g/mol. The molecule has 0 bridgehead atoms. The lowest BCUT2D eigenvalue weighted by molar-refractivity contribution is 0.303. The molecule has 0 saturated heterocycles. The smallest absolute Gasteiger partial charge is 0.255 e. The van der Waals surface area contributed by atoms with Crippen molar-refractivity contribution in [3.05, 3.63) is 33.2 Å². The van der Waals surface area contributed by atoms with Crippen LogP contribution in [0.1, 0.15) is 48.5 Å². The van der Waals surface area contributed by atoms with Crippen LogP contribution in [0.5, 0.6) is 0 Å². The molecular weight excluding hydrogens is 250 g/mol. The molecule has 4 nitrogen and oxygen atoms in total. The Balaban J connectivity index is 1.72. The van der Waals surface area contributed by atoms with Gasteiger partial charge in [-0.3, -0.25) is 4.79 Å². The molecule has 1 aromatic heterocycles. The molecule has 2 heterocycles. The molecule has 0 radical (unpaired) electrons. The Kier molecular flexibility index (Phi) is 2.97. The Morgan fingerprint density at radius 1 is 1.30 bits per heavy atom. The molecule has 20 heavy (non-hydrogen) atoms. The minimum Gasteiger partial charge on any atom is -0.310 e. The zero-order chi connectivity index (χ0) is 13.7. The van der Waals surface area contributed by atoms with E-state index in [1.54, 1.807) is 0 Å². The predicted molar refractivity (Wildman–Crippen MR) is 78.9 cm³/mol. The summed E-state index contributed by atoms with van der Waals surface area (Å²) >= 11 is 0. The molecule has 1 aliphatic heterocycles. The van der Waals surface area contributed by atoms with E-state index < -0.39 is 0 Å². The summed E-state index contributed by atoms with van der Waals surface area (Å²) in [6.07, 6.45) is 5.92. The van der Waals surface area contributed by atoms with Gasteiger partial charge in [-0.25, -0.2) is 0 Å². The normalized spacial score (nSPS) is 22.9. The lowest BCUT2D eigenvalue weighted by Gasteiger charge is -2.28. The van der Waals surface area contributed by atoms with Crippen molar-refractivity contribution in [2.75, 3.05) is 13.6 Å². The van der Waals surface area contributed by atoms with Crippen LogP contribution in [0.2, 0.25) is 0 Å². The molecule has 3 aliphatic rings. The molecular formula is C16H23N3O. The summed E-state index contributed by atoms with van der Waals surface area (Å²) in [6.45, 7) is 2.80. The summed E-state index contributed by atoms with van der Waals surface area (Å²) in [5.74, 6) is 0. The highest BCUT2D eigenvalue weighted by atomic mass is 16.1. The largest absolute Gasteiger partial charge is 0.310 e. The molecule has 2 saturated carbocycles. The van der Waals surface area contributed by atoms with Gasteiger partial charge >= 0.3 is 0 Å². The Hall–Kier alpha value is -1.13. The maximum absolute atomic E-state index is 12.7. The quantitative estimate of drug-likeness (QED) is 0.901. The van der Waals surface area contributed by atoms with Crippen molar-refractivity contribution in [2.24, 2.45) is 0 Å². The van der Waals surface area contributed by atoms with E-state index in [9.17, 15) is 4.79 Å². The number of fused-ring (bicyclic) bond motifs is 1. The Bertz CT molecular complexity index is 584. The number of pyridine rings is 1. The van der Waals surface area contributed by atoms with Gasteiger partial charge in [-0.2, -0.15) is 0 Å². The SMILES string of the molecule is CN1CCc2c(cc(CNC3CC3)c(=O)n2C2CC2)C1. The molecule has 2 aliphatic carbocycles. The number of hydrogen-bond acceptors (Lipinski definition) is 3. The molecule has 0 amide bonds. The number of aromatic nitrogens is 1. The standard InChI is InChI=1S/C16H23N3O/c1-18-7-6-15-12(10-18)8-11(9-17-13-2-3-13)16(20)19(15)14-4-5-14/h8,13-14,17H,2-7,9-10H2,1H3. The van der Waals surface area contributed by atoms with Crippen molar-refractivity contribution in [1.82, 2.24) is 14.8 Å². The van der Waals surface area contributed by atoms with Crippen LogP contribution in [-0.2, 0) is 19.5 Å². The van der Waals surface area contributed by atoms with E-state index in [0.717, 1.165) is 31.6 Å². The summed E-state index contributed by atoms with van der Waals surface area (Å²) in [7, 11) is 2.16. The van der Waals surface area contributed by atoms with E-state index in [-0.39, 0.29) is 5.56 Å². The van der Waals surface area contributed by atoms with Gasteiger partial charge in [-0.15, -0.1) is 0 Å². The maximum atomic E-state index is 12.7. The molecule has 0 unspecified atom stereocenters. The third-order valence-electron chi connectivity index (χ3n) is 4.74. The van der Waals surface area contributed by atoms with Crippen LogP contribution in [-0.4, -0.2) is 29.1 Å². The van der Waals surface area contributed by atoms with Gasteiger partial charge in [-0.05, 0) is 44.4 Å². The Morgan fingerprint density at radius 2 is 2.10 bits per heavy atom. The first-order valence-electron chi connectivity index (χ1n) is 7.90. The van der Waals surface area contributed by atoms with Gasteiger partial charge in [0, 0.05) is 49.4 Å². The number of rotatable bonds is 4. The van der Waals surface area contributed by atoms with Crippen LogP contribution in [0.25, 0.3) is 0 Å². The third kappa shape index (κ3) is 2.31. The summed E-state index contributed by atoms with van der Waals surface area (Å²) in [6, 6.07) is 3.31. The van der Waals surface area contributed by atoms with Gasteiger partial charge in [0.1, 0.15) is 0 Å². The van der Waals surface area contributed by atoms with Gasteiger partial charge in [0.25, 0.3) is 5.56 Å². The molecule has 0 aromatic carbocycles. The molecule has 108 valence electrons. The molecule has 0 atom stereocenters. The van der Waals surface area contributed by atoms with Crippen molar-refractivity contribution in [3.8, 4) is 0 Å². The van der Waals surface area contributed by atoms with Gasteiger partial charge in [0.15, 0.2) is 0 Å². The fourth-order valence-electron chi connectivity index (χ4n) is 3.26. The molecule has 1 aromatic rings.